The lowest BCUT2D eigenvalue weighted by Gasteiger charge is -2.27. The summed E-state index contributed by atoms with van der Waals surface area (Å²) in [5, 5.41) is 0. The zero-order chi connectivity index (χ0) is 14.6. The van der Waals surface area contributed by atoms with Crippen molar-refractivity contribution in [3.63, 3.8) is 0 Å². The first-order valence-corrected chi connectivity index (χ1v) is 7.61. The summed E-state index contributed by atoms with van der Waals surface area (Å²) in [7, 11) is 0. The Kier molecular flexibility index (Phi) is 5.90. The van der Waals surface area contributed by atoms with Crippen molar-refractivity contribution in [1.29, 1.82) is 0 Å². The van der Waals surface area contributed by atoms with E-state index >= 15 is 0 Å². The van der Waals surface area contributed by atoms with Crippen LogP contribution in [0, 0.1) is 11.8 Å². The van der Waals surface area contributed by atoms with Gasteiger partial charge < -0.3 is 5.73 Å². The molecule has 0 spiro atoms. The molecule has 2 N–H and O–H groups in total. The Balaban J connectivity index is 2.79. The SMILES string of the molecule is C=C(N)C(=C(C)C)/C(C)=C(\C)CC1CCC(C)CC1. The molecular formula is C18H31N. The average molecular weight is 261 g/mol. The molecule has 0 bridgehead atoms. The van der Waals surface area contributed by atoms with Crippen LogP contribution >= 0.6 is 0 Å². The van der Waals surface area contributed by atoms with Crippen LogP contribution in [0.1, 0.15) is 66.7 Å². The molecule has 1 heteroatoms. The number of hydrogen-bond acceptors (Lipinski definition) is 1. The third kappa shape index (κ3) is 4.56. The van der Waals surface area contributed by atoms with E-state index in [1.165, 1.54) is 54.4 Å². The van der Waals surface area contributed by atoms with Gasteiger partial charge in [-0.15, -0.1) is 0 Å². The Labute approximate surface area is 119 Å². The summed E-state index contributed by atoms with van der Waals surface area (Å²) in [6, 6.07) is 0. The van der Waals surface area contributed by atoms with Crippen molar-refractivity contribution in [3.05, 3.63) is 34.6 Å². The van der Waals surface area contributed by atoms with Gasteiger partial charge in [0.15, 0.2) is 0 Å². The molecule has 19 heavy (non-hydrogen) atoms. The molecule has 0 aromatic rings. The zero-order valence-corrected chi connectivity index (χ0v) is 13.5. The highest BCUT2D eigenvalue weighted by atomic mass is 14.6. The number of allylic oxidation sites excluding steroid dienone is 3. The van der Waals surface area contributed by atoms with E-state index in [0.717, 1.165) is 11.8 Å². The van der Waals surface area contributed by atoms with E-state index in [1.54, 1.807) is 0 Å². The fraction of sp³-hybridized carbons (Fsp3) is 0.667. The summed E-state index contributed by atoms with van der Waals surface area (Å²) in [4.78, 5) is 0. The van der Waals surface area contributed by atoms with Crippen molar-refractivity contribution < 1.29 is 0 Å². The minimum Gasteiger partial charge on any atom is -0.399 e. The summed E-state index contributed by atoms with van der Waals surface area (Å²) in [5.41, 5.74) is 11.9. The van der Waals surface area contributed by atoms with Gasteiger partial charge in [0.1, 0.15) is 0 Å². The molecule has 1 rings (SSSR count). The normalized spacial score (nSPS) is 24.7. The van der Waals surface area contributed by atoms with E-state index in [4.69, 9.17) is 5.73 Å². The van der Waals surface area contributed by atoms with E-state index < -0.39 is 0 Å². The van der Waals surface area contributed by atoms with E-state index in [2.05, 4.69) is 41.2 Å². The van der Waals surface area contributed by atoms with E-state index in [0.29, 0.717) is 5.70 Å². The molecule has 0 aromatic heterocycles. The van der Waals surface area contributed by atoms with Crippen molar-refractivity contribution in [3.8, 4) is 0 Å². The molecule has 1 aliphatic rings. The quantitative estimate of drug-likeness (QED) is 0.678. The lowest BCUT2D eigenvalue weighted by Crippen LogP contribution is -2.13. The van der Waals surface area contributed by atoms with Crippen LogP contribution in [0.3, 0.4) is 0 Å². The Hall–Kier alpha value is -0.980. The van der Waals surface area contributed by atoms with Crippen LogP contribution in [0.25, 0.3) is 0 Å². The van der Waals surface area contributed by atoms with Crippen LogP contribution in [0.5, 0.6) is 0 Å². The third-order valence-electron chi connectivity index (χ3n) is 4.57. The molecule has 0 atom stereocenters. The maximum Gasteiger partial charge on any atom is 0.0316 e. The highest BCUT2D eigenvalue weighted by molar-refractivity contribution is 5.47. The smallest absolute Gasteiger partial charge is 0.0316 e. The average Bonchev–Trinajstić information content (AvgIpc) is 2.31. The second-order valence-corrected chi connectivity index (χ2v) is 6.64. The summed E-state index contributed by atoms with van der Waals surface area (Å²) in [5.74, 6) is 1.80. The highest BCUT2D eigenvalue weighted by Crippen LogP contribution is 2.34. The molecule has 1 nitrogen and oxygen atoms in total. The monoisotopic (exact) mass is 261 g/mol. The molecule has 0 amide bonds. The van der Waals surface area contributed by atoms with Gasteiger partial charge in [0.25, 0.3) is 0 Å². The first-order valence-electron chi connectivity index (χ1n) is 7.61. The fourth-order valence-corrected chi connectivity index (χ4v) is 3.27. The second kappa shape index (κ2) is 6.98. The van der Waals surface area contributed by atoms with Gasteiger partial charge >= 0.3 is 0 Å². The summed E-state index contributed by atoms with van der Waals surface area (Å²) in [6.07, 6.45) is 6.80. The lowest BCUT2D eigenvalue weighted by molar-refractivity contribution is 0.288. The highest BCUT2D eigenvalue weighted by Gasteiger charge is 2.19. The predicted molar refractivity (Wildman–Crippen MR) is 85.8 cm³/mol. The van der Waals surface area contributed by atoms with Gasteiger partial charge in [-0.3, -0.25) is 0 Å². The molecule has 108 valence electrons. The molecule has 0 heterocycles. The molecule has 1 fully saturated rings. The van der Waals surface area contributed by atoms with Gasteiger partial charge in [0.05, 0.1) is 0 Å². The largest absolute Gasteiger partial charge is 0.399 e. The fourth-order valence-electron chi connectivity index (χ4n) is 3.27. The van der Waals surface area contributed by atoms with Crippen molar-refractivity contribution in [2.45, 2.75) is 66.7 Å². The van der Waals surface area contributed by atoms with Crippen molar-refractivity contribution in [2.75, 3.05) is 0 Å². The minimum absolute atomic E-state index is 0.703. The van der Waals surface area contributed by atoms with Crippen molar-refractivity contribution in [2.24, 2.45) is 17.6 Å². The van der Waals surface area contributed by atoms with Crippen molar-refractivity contribution in [1.82, 2.24) is 0 Å². The standard InChI is InChI=1S/C18H31N/c1-12(2)18(16(6)19)15(5)14(4)11-17-9-7-13(3)8-10-17/h13,17H,6-11,19H2,1-5H3/b15-14+. The van der Waals surface area contributed by atoms with Crippen LogP contribution in [0.4, 0.5) is 0 Å². The van der Waals surface area contributed by atoms with Gasteiger partial charge in [-0.2, -0.15) is 0 Å². The molecule has 0 aromatic carbocycles. The maximum absolute atomic E-state index is 5.94. The molecular weight excluding hydrogens is 230 g/mol. The number of nitrogens with two attached hydrogens (primary N) is 1. The van der Waals surface area contributed by atoms with Gasteiger partial charge in [-0.1, -0.05) is 37.5 Å². The Bertz CT molecular complexity index is 386. The van der Waals surface area contributed by atoms with E-state index in [-0.39, 0.29) is 0 Å². The second-order valence-electron chi connectivity index (χ2n) is 6.64. The van der Waals surface area contributed by atoms with Crippen LogP contribution in [-0.4, -0.2) is 0 Å². The van der Waals surface area contributed by atoms with Gasteiger partial charge in [-0.25, -0.2) is 0 Å². The first kappa shape index (κ1) is 16.1. The number of hydrogen-bond donors (Lipinski definition) is 1. The Morgan fingerprint density at radius 1 is 1.05 bits per heavy atom. The number of rotatable bonds is 4. The minimum atomic E-state index is 0.703. The Morgan fingerprint density at radius 2 is 1.58 bits per heavy atom. The summed E-state index contributed by atoms with van der Waals surface area (Å²) in [6.45, 7) is 15.0. The molecule has 0 saturated heterocycles. The van der Waals surface area contributed by atoms with Crippen LogP contribution in [0.2, 0.25) is 0 Å². The maximum atomic E-state index is 5.94. The van der Waals surface area contributed by atoms with Gasteiger partial charge in [-0.05, 0) is 69.9 Å². The third-order valence-corrected chi connectivity index (χ3v) is 4.57. The van der Waals surface area contributed by atoms with E-state index in [9.17, 15) is 0 Å². The van der Waals surface area contributed by atoms with Crippen LogP contribution in [0.15, 0.2) is 34.6 Å². The summed E-state index contributed by atoms with van der Waals surface area (Å²) >= 11 is 0. The molecule has 1 saturated carbocycles. The molecule has 0 unspecified atom stereocenters. The van der Waals surface area contributed by atoms with E-state index in [1.807, 2.05) is 0 Å². The van der Waals surface area contributed by atoms with Gasteiger partial charge in [0, 0.05) is 5.70 Å². The van der Waals surface area contributed by atoms with Crippen molar-refractivity contribution >= 4 is 0 Å². The topological polar surface area (TPSA) is 26.0 Å². The van der Waals surface area contributed by atoms with Crippen LogP contribution < -0.4 is 5.73 Å². The summed E-state index contributed by atoms with van der Waals surface area (Å²) < 4.78 is 0. The van der Waals surface area contributed by atoms with Crippen LogP contribution in [-0.2, 0) is 0 Å². The van der Waals surface area contributed by atoms with Gasteiger partial charge in [0.2, 0.25) is 0 Å². The predicted octanol–water partition coefficient (Wildman–Crippen LogP) is 5.35. The molecule has 0 aliphatic heterocycles. The molecule has 1 aliphatic carbocycles. The Morgan fingerprint density at radius 3 is 2.00 bits per heavy atom. The lowest BCUT2D eigenvalue weighted by atomic mass is 9.79. The zero-order valence-electron chi connectivity index (χ0n) is 13.5. The first-order chi connectivity index (χ1) is 8.82. The molecule has 0 radical (unpaired) electrons.